The predicted octanol–water partition coefficient (Wildman–Crippen LogP) is 4.26. The summed E-state index contributed by atoms with van der Waals surface area (Å²) in [4.78, 5) is 1.84. The van der Waals surface area contributed by atoms with Crippen LogP contribution in [0, 0.1) is 0 Å². The molecule has 0 spiro atoms. The van der Waals surface area contributed by atoms with Gasteiger partial charge in [-0.05, 0) is 40.6 Å². The minimum atomic E-state index is 0.511. The third kappa shape index (κ3) is 2.36. The van der Waals surface area contributed by atoms with Gasteiger partial charge in [0.05, 0.1) is 15.7 Å². The standard InChI is InChI=1S/C12H7Cl2N3OS/c13-7-2-1-6(5-8(7)14)19-10-4-3-9(15)11-12(10)17-18-16-11/h1-5H,15H2. The SMILES string of the molecule is Nc1ccc(Sc2ccc(Cl)c(Cl)c2)c2nonc12. The van der Waals surface area contributed by atoms with Crippen molar-refractivity contribution in [2.24, 2.45) is 0 Å². The van der Waals surface area contributed by atoms with Crippen LogP contribution in [0.15, 0.2) is 44.8 Å². The van der Waals surface area contributed by atoms with Gasteiger partial charge in [0.2, 0.25) is 0 Å². The number of anilines is 1. The van der Waals surface area contributed by atoms with Crippen molar-refractivity contribution in [3.8, 4) is 0 Å². The number of benzene rings is 2. The number of halogens is 2. The summed E-state index contributed by atoms with van der Waals surface area (Å²) in [7, 11) is 0. The van der Waals surface area contributed by atoms with Gasteiger partial charge in [-0.3, -0.25) is 0 Å². The lowest BCUT2D eigenvalue weighted by atomic mass is 10.3. The summed E-state index contributed by atoms with van der Waals surface area (Å²) in [6, 6.07) is 9.07. The van der Waals surface area contributed by atoms with E-state index in [1.807, 2.05) is 12.1 Å². The molecule has 4 nitrogen and oxygen atoms in total. The molecule has 0 saturated carbocycles. The molecule has 3 rings (SSSR count). The lowest BCUT2D eigenvalue weighted by Crippen LogP contribution is -1.87. The Labute approximate surface area is 122 Å². The quantitative estimate of drug-likeness (QED) is 0.716. The zero-order valence-electron chi connectivity index (χ0n) is 9.43. The summed E-state index contributed by atoms with van der Waals surface area (Å²) in [5.74, 6) is 0. The van der Waals surface area contributed by atoms with Crippen molar-refractivity contribution >= 4 is 51.7 Å². The topological polar surface area (TPSA) is 64.9 Å². The minimum absolute atomic E-state index is 0.511. The summed E-state index contributed by atoms with van der Waals surface area (Å²) in [6.45, 7) is 0. The molecule has 0 bridgehead atoms. The molecule has 7 heteroatoms. The predicted molar refractivity (Wildman–Crippen MR) is 76.8 cm³/mol. The molecule has 2 aromatic carbocycles. The third-order valence-electron chi connectivity index (χ3n) is 2.53. The van der Waals surface area contributed by atoms with Gasteiger partial charge in [0.1, 0.15) is 0 Å². The fourth-order valence-corrected chi connectivity index (χ4v) is 2.91. The average Bonchev–Trinajstić information content (AvgIpc) is 2.87. The second-order valence-electron chi connectivity index (χ2n) is 3.79. The molecule has 1 heterocycles. The first-order valence-corrected chi connectivity index (χ1v) is 6.86. The fourth-order valence-electron chi connectivity index (χ4n) is 1.61. The van der Waals surface area contributed by atoms with Crippen LogP contribution in [0.3, 0.4) is 0 Å². The second-order valence-corrected chi connectivity index (χ2v) is 5.72. The van der Waals surface area contributed by atoms with Crippen LogP contribution in [-0.4, -0.2) is 10.3 Å². The number of fused-ring (bicyclic) bond motifs is 1. The Morgan fingerprint density at radius 3 is 2.58 bits per heavy atom. The molecule has 2 N–H and O–H groups in total. The van der Waals surface area contributed by atoms with E-state index < -0.39 is 0 Å². The Morgan fingerprint density at radius 1 is 1.00 bits per heavy atom. The Bertz CT molecular complexity index is 760. The van der Waals surface area contributed by atoms with Gasteiger partial charge in [-0.25, -0.2) is 4.63 Å². The van der Waals surface area contributed by atoms with E-state index in [0.29, 0.717) is 26.8 Å². The normalized spacial score (nSPS) is 11.1. The molecule has 0 aliphatic rings. The highest BCUT2D eigenvalue weighted by atomic mass is 35.5. The first-order chi connectivity index (χ1) is 9.15. The molecule has 0 aliphatic heterocycles. The Balaban J connectivity index is 2.03. The molecular weight excluding hydrogens is 305 g/mol. The van der Waals surface area contributed by atoms with Gasteiger partial charge in [0.15, 0.2) is 11.0 Å². The monoisotopic (exact) mass is 311 g/mol. The van der Waals surface area contributed by atoms with Gasteiger partial charge in [-0.15, -0.1) is 0 Å². The highest BCUT2D eigenvalue weighted by Crippen LogP contribution is 2.36. The number of nitrogen functional groups attached to an aromatic ring is 1. The fraction of sp³-hybridized carbons (Fsp3) is 0. The van der Waals surface area contributed by atoms with E-state index in [4.69, 9.17) is 33.6 Å². The van der Waals surface area contributed by atoms with Crippen molar-refractivity contribution in [1.29, 1.82) is 0 Å². The maximum Gasteiger partial charge on any atom is 0.159 e. The van der Waals surface area contributed by atoms with Gasteiger partial charge >= 0.3 is 0 Å². The van der Waals surface area contributed by atoms with E-state index in [9.17, 15) is 0 Å². The molecule has 0 aliphatic carbocycles. The van der Waals surface area contributed by atoms with Crippen LogP contribution in [0.1, 0.15) is 0 Å². The molecule has 1 aromatic heterocycles. The number of nitrogens with zero attached hydrogens (tertiary/aromatic N) is 2. The molecule has 0 radical (unpaired) electrons. The summed E-state index contributed by atoms with van der Waals surface area (Å²) in [5.41, 5.74) is 7.53. The zero-order chi connectivity index (χ0) is 13.4. The highest BCUT2D eigenvalue weighted by Gasteiger charge is 2.11. The van der Waals surface area contributed by atoms with Gasteiger partial charge in [0, 0.05) is 9.79 Å². The van der Waals surface area contributed by atoms with Crippen molar-refractivity contribution in [3.63, 3.8) is 0 Å². The molecule has 0 saturated heterocycles. The number of rotatable bonds is 2. The van der Waals surface area contributed by atoms with Gasteiger partial charge in [-0.1, -0.05) is 35.0 Å². The molecular formula is C12H7Cl2N3OS. The van der Waals surface area contributed by atoms with Crippen LogP contribution in [0.5, 0.6) is 0 Å². The summed E-state index contributed by atoms with van der Waals surface area (Å²) < 4.78 is 4.73. The van der Waals surface area contributed by atoms with Crippen molar-refractivity contribution in [3.05, 3.63) is 40.4 Å². The molecule has 0 unspecified atom stereocenters. The Hall–Kier alpha value is -1.43. The second kappa shape index (κ2) is 4.92. The Kier molecular flexibility index (Phi) is 3.26. The Morgan fingerprint density at radius 2 is 1.79 bits per heavy atom. The van der Waals surface area contributed by atoms with E-state index in [0.717, 1.165) is 9.79 Å². The number of aromatic nitrogens is 2. The minimum Gasteiger partial charge on any atom is -0.397 e. The maximum atomic E-state index is 5.99. The van der Waals surface area contributed by atoms with Crippen LogP contribution in [0.25, 0.3) is 11.0 Å². The summed E-state index contributed by atoms with van der Waals surface area (Å²) in [6.07, 6.45) is 0. The lowest BCUT2D eigenvalue weighted by Gasteiger charge is -2.04. The van der Waals surface area contributed by atoms with E-state index in [1.165, 1.54) is 11.8 Å². The van der Waals surface area contributed by atoms with Crippen molar-refractivity contribution in [2.75, 3.05) is 5.73 Å². The first-order valence-electron chi connectivity index (χ1n) is 5.29. The van der Waals surface area contributed by atoms with Gasteiger partial charge in [-0.2, -0.15) is 0 Å². The van der Waals surface area contributed by atoms with Crippen molar-refractivity contribution in [2.45, 2.75) is 9.79 Å². The van der Waals surface area contributed by atoms with Crippen LogP contribution < -0.4 is 5.73 Å². The van der Waals surface area contributed by atoms with E-state index in [-0.39, 0.29) is 0 Å². The summed E-state index contributed by atoms with van der Waals surface area (Å²) in [5, 5.41) is 8.69. The van der Waals surface area contributed by atoms with Gasteiger partial charge in [0.25, 0.3) is 0 Å². The number of hydrogen-bond acceptors (Lipinski definition) is 5. The molecule has 19 heavy (non-hydrogen) atoms. The first kappa shape index (κ1) is 12.6. The molecule has 3 aromatic rings. The van der Waals surface area contributed by atoms with Crippen LogP contribution in [0.4, 0.5) is 5.69 Å². The lowest BCUT2D eigenvalue weighted by molar-refractivity contribution is 0.315. The van der Waals surface area contributed by atoms with Crippen LogP contribution >= 0.6 is 35.0 Å². The van der Waals surface area contributed by atoms with Gasteiger partial charge < -0.3 is 5.73 Å². The van der Waals surface area contributed by atoms with Crippen LogP contribution in [-0.2, 0) is 0 Å². The maximum absolute atomic E-state index is 5.99. The smallest absolute Gasteiger partial charge is 0.159 e. The third-order valence-corrected chi connectivity index (χ3v) is 4.31. The largest absolute Gasteiger partial charge is 0.397 e. The summed E-state index contributed by atoms with van der Waals surface area (Å²) >= 11 is 13.4. The van der Waals surface area contributed by atoms with E-state index in [1.54, 1.807) is 18.2 Å². The number of nitrogens with two attached hydrogens (primary N) is 1. The molecule has 0 atom stereocenters. The van der Waals surface area contributed by atoms with Crippen LogP contribution in [0.2, 0.25) is 10.0 Å². The number of hydrogen-bond donors (Lipinski definition) is 1. The molecule has 0 amide bonds. The molecule has 0 fully saturated rings. The highest BCUT2D eigenvalue weighted by molar-refractivity contribution is 7.99. The average molecular weight is 312 g/mol. The van der Waals surface area contributed by atoms with Crippen molar-refractivity contribution < 1.29 is 4.63 Å². The van der Waals surface area contributed by atoms with Crippen molar-refractivity contribution in [1.82, 2.24) is 10.3 Å². The van der Waals surface area contributed by atoms with E-state index in [2.05, 4.69) is 10.3 Å². The van der Waals surface area contributed by atoms with E-state index >= 15 is 0 Å². The zero-order valence-corrected chi connectivity index (χ0v) is 11.8. The molecule has 96 valence electrons.